The lowest BCUT2D eigenvalue weighted by Crippen LogP contribution is -2.65. The normalized spacial score (nSPS) is 31.3. The van der Waals surface area contributed by atoms with Gasteiger partial charge in [0.05, 0.1) is 23.7 Å². The van der Waals surface area contributed by atoms with Gasteiger partial charge in [-0.2, -0.15) is 5.26 Å². The number of rotatable bonds is 8. The number of nitrogens with one attached hydrogen (secondary N) is 1. The summed E-state index contributed by atoms with van der Waals surface area (Å²) in [6.45, 7) is 11.3. The molecule has 2 heterocycles. The third-order valence-electron chi connectivity index (χ3n) is 9.79. The van der Waals surface area contributed by atoms with E-state index in [1.165, 1.54) is 0 Å². The van der Waals surface area contributed by atoms with E-state index >= 15 is 0 Å². The summed E-state index contributed by atoms with van der Waals surface area (Å²) in [6.07, 6.45) is 5.34. The molecule has 0 spiro atoms. The van der Waals surface area contributed by atoms with Crippen LogP contribution >= 0.6 is 0 Å². The van der Waals surface area contributed by atoms with Crippen molar-refractivity contribution in [3.8, 4) is 6.07 Å². The minimum absolute atomic E-state index is 0.0108. The number of carbonyl (C=O) groups excluding carboxylic acids is 2. The first-order valence-electron chi connectivity index (χ1n) is 14.8. The minimum atomic E-state index is -0.582. The molecule has 0 aromatic heterocycles. The van der Waals surface area contributed by atoms with Crippen molar-refractivity contribution < 1.29 is 23.6 Å². The fourth-order valence-electron chi connectivity index (χ4n) is 7.44. The summed E-state index contributed by atoms with van der Waals surface area (Å²) in [6, 6.07) is 11.8. The highest BCUT2D eigenvalue weighted by Crippen LogP contribution is 2.65. The number of hydrogen-bond donors (Lipinski definition) is 1. The van der Waals surface area contributed by atoms with Crippen LogP contribution in [0.25, 0.3) is 0 Å². The van der Waals surface area contributed by atoms with Crippen molar-refractivity contribution in [3.63, 3.8) is 0 Å². The molecule has 1 aromatic rings. The molecule has 6 rings (SSSR count). The smallest absolute Gasteiger partial charge is 0.447 e. The van der Waals surface area contributed by atoms with Gasteiger partial charge >= 0.3 is 13.2 Å². The van der Waals surface area contributed by atoms with Gasteiger partial charge in [0.25, 0.3) is 5.91 Å². The average molecular weight is 548 g/mol. The van der Waals surface area contributed by atoms with Gasteiger partial charge in [0.1, 0.15) is 18.2 Å². The fraction of sp³-hybridized carbons (Fsp3) is 0.645. The van der Waals surface area contributed by atoms with Crippen molar-refractivity contribution >= 4 is 19.1 Å². The van der Waals surface area contributed by atoms with Crippen molar-refractivity contribution in [2.75, 3.05) is 13.2 Å². The van der Waals surface area contributed by atoms with Gasteiger partial charge in [-0.1, -0.05) is 64.1 Å². The van der Waals surface area contributed by atoms with E-state index in [1.807, 2.05) is 50.2 Å². The van der Waals surface area contributed by atoms with E-state index in [9.17, 15) is 14.9 Å². The number of likely N-dealkylation sites (tertiary alicyclic amines) is 1. The molecule has 2 aliphatic heterocycles. The Balaban J connectivity index is 1.24. The van der Waals surface area contributed by atoms with Crippen LogP contribution in [0.5, 0.6) is 0 Å². The molecule has 3 saturated carbocycles. The van der Waals surface area contributed by atoms with Crippen LogP contribution in [0.2, 0.25) is 0 Å². The van der Waals surface area contributed by atoms with E-state index in [4.69, 9.17) is 14.0 Å². The number of nitrogens with zero attached hydrogens (tertiary/aromatic N) is 2. The van der Waals surface area contributed by atoms with Crippen LogP contribution in [-0.2, 0) is 25.3 Å². The standard InChI is InChI=1S/C31H42BN3O5/c1-20(2)14-22(18-33)28(36)35-13-9-12-24(35)19-38-29(37)34-27(15-21-10-7-6-8-11-21)32-39-26-17-23-16-25(30(23,3)4)31(26,5)40-32/h6-8,10-11,14,20,23-27H,9,12-13,15-17,19H2,1-5H3,(H,34,37)/t23-,24+,25-,26+,27?,31-/m0/s1. The van der Waals surface area contributed by atoms with Crippen LogP contribution in [0.3, 0.4) is 0 Å². The zero-order valence-electron chi connectivity index (χ0n) is 24.4. The summed E-state index contributed by atoms with van der Waals surface area (Å²) >= 11 is 0. The van der Waals surface area contributed by atoms with Gasteiger partial charge in [0, 0.05) is 6.54 Å². The largest absolute Gasteiger partial charge is 0.482 e. The van der Waals surface area contributed by atoms with Crippen LogP contribution in [0.15, 0.2) is 42.0 Å². The second kappa shape index (κ2) is 11.2. The third kappa shape index (κ3) is 5.41. The molecular formula is C31H42BN3O5. The maximum Gasteiger partial charge on any atom is 0.482 e. The Morgan fingerprint density at radius 1 is 1.25 bits per heavy atom. The SMILES string of the molecule is CC(C)C=C(C#N)C(=O)N1CCC[C@@H]1COC(=O)NC(Cc1ccccc1)B1O[C@@H]2C[C@@H]3C[C@@H](C3(C)C)[C@]2(C)O1. The van der Waals surface area contributed by atoms with Crippen molar-refractivity contribution in [2.24, 2.45) is 23.2 Å². The highest BCUT2D eigenvalue weighted by Gasteiger charge is 2.68. The van der Waals surface area contributed by atoms with Gasteiger partial charge < -0.3 is 24.3 Å². The molecule has 2 amide bonds. The molecule has 2 saturated heterocycles. The lowest BCUT2D eigenvalue weighted by atomic mass is 9.43. The molecule has 9 heteroatoms. The van der Waals surface area contributed by atoms with Crippen LogP contribution in [-0.4, -0.2) is 60.9 Å². The Bertz CT molecular complexity index is 1180. The van der Waals surface area contributed by atoms with Crippen molar-refractivity contribution in [1.29, 1.82) is 5.26 Å². The van der Waals surface area contributed by atoms with E-state index < -0.39 is 19.2 Å². The van der Waals surface area contributed by atoms with Crippen LogP contribution in [0.1, 0.15) is 65.9 Å². The average Bonchev–Trinajstić information content (AvgIpc) is 3.54. The van der Waals surface area contributed by atoms with E-state index in [-0.39, 0.29) is 47.2 Å². The first kappa shape index (κ1) is 28.7. The van der Waals surface area contributed by atoms with Crippen LogP contribution in [0, 0.1) is 34.5 Å². The second-order valence-corrected chi connectivity index (χ2v) is 13.1. The first-order valence-corrected chi connectivity index (χ1v) is 14.8. The molecule has 40 heavy (non-hydrogen) atoms. The summed E-state index contributed by atoms with van der Waals surface area (Å²) in [5.74, 6) is 0.420. The number of hydrogen-bond acceptors (Lipinski definition) is 6. The zero-order valence-corrected chi connectivity index (χ0v) is 24.4. The summed E-state index contributed by atoms with van der Waals surface area (Å²) in [4.78, 5) is 27.8. The fourth-order valence-corrected chi connectivity index (χ4v) is 7.44. The van der Waals surface area contributed by atoms with Gasteiger partial charge in [0.2, 0.25) is 0 Å². The van der Waals surface area contributed by atoms with Crippen LogP contribution < -0.4 is 5.32 Å². The van der Waals surface area contributed by atoms with Crippen LogP contribution in [0.4, 0.5) is 4.79 Å². The first-order chi connectivity index (χ1) is 19.0. The molecule has 1 aromatic carbocycles. The molecule has 0 radical (unpaired) electrons. The molecule has 3 aliphatic carbocycles. The Kier molecular flexibility index (Phi) is 8.04. The van der Waals surface area contributed by atoms with Gasteiger partial charge in [0.15, 0.2) is 0 Å². The van der Waals surface area contributed by atoms with Gasteiger partial charge in [-0.25, -0.2) is 4.79 Å². The number of benzene rings is 1. The minimum Gasteiger partial charge on any atom is -0.447 e. The maximum absolute atomic E-state index is 13.1. The zero-order chi connectivity index (χ0) is 28.7. The van der Waals surface area contributed by atoms with Gasteiger partial charge in [-0.05, 0) is 67.8 Å². The maximum atomic E-state index is 13.1. The number of ether oxygens (including phenoxy) is 1. The Morgan fingerprint density at radius 2 is 2.00 bits per heavy atom. The lowest BCUT2D eigenvalue weighted by Gasteiger charge is -2.64. The highest BCUT2D eigenvalue weighted by molar-refractivity contribution is 6.47. The predicted octanol–water partition coefficient (Wildman–Crippen LogP) is 4.69. The van der Waals surface area contributed by atoms with Gasteiger partial charge in [-0.3, -0.25) is 4.79 Å². The summed E-state index contributed by atoms with van der Waals surface area (Å²) in [7, 11) is -0.582. The molecule has 8 nitrogen and oxygen atoms in total. The molecule has 2 bridgehead atoms. The molecule has 1 N–H and O–H groups in total. The monoisotopic (exact) mass is 547 g/mol. The quantitative estimate of drug-likeness (QED) is 0.288. The Hall–Kier alpha value is -2.83. The number of nitriles is 1. The highest BCUT2D eigenvalue weighted by atomic mass is 16.7. The number of allylic oxidation sites excluding steroid dienone is 1. The predicted molar refractivity (Wildman–Crippen MR) is 152 cm³/mol. The van der Waals surface area contributed by atoms with Crippen molar-refractivity contribution in [1.82, 2.24) is 10.2 Å². The third-order valence-corrected chi connectivity index (χ3v) is 9.79. The number of amides is 2. The molecule has 5 aliphatic rings. The molecule has 5 fully saturated rings. The second-order valence-electron chi connectivity index (χ2n) is 13.1. The van der Waals surface area contributed by atoms with E-state index in [1.54, 1.807) is 11.0 Å². The van der Waals surface area contributed by atoms with Crippen molar-refractivity contribution in [3.05, 3.63) is 47.5 Å². The summed E-state index contributed by atoms with van der Waals surface area (Å²) in [5, 5.41) is 12.5. The Morgan fingerprint density at radius 3 is 2.67 bits per heavy atom. The Labute approximate surface area is 238 Å². The summed E-state index contributed by atoms with van der Waals surface area (Å²) < 4.78 is 18.9. The molecule has 1 unspecified atom stereocenters. The van der Waals surface area contributed by atoms with E-state index in [0.29, 0.717) is 24.8 Å². The van der Waals surface area contributed by atoms with E-state index in [2.05, 4.69) is 26.1 Å². The molecule has 6 atom stereocenters. The van der Waals surface area contributed by atoms with E-state index in [0.717, 1.165) is 31.2 Å². The topological polar surface area (TPSA) is 101 Å². The van der Waals surface area contributed by atoms with Gasteiger partial charge in [-0.15, -0.1) is 0 Å². The molecular weight excluding hydrogens is 505 g/mol. The lowest BCUT2D eigenvalue weighted by molar-refractivity contribution is -0.199. The van der Waals surface area contributed by atoms with Crippen molar-refractivity contribution in [2.45, 2.75) is 90.4 Å². The molecule has 214 valence electrons. The summed E-state index contributed by atoms with van der Waals surface area (Å²) in [5.41, 5.74) is 1.06. The number of alkyl carbamates (subject to hydrolysis) is 1. The number of carbonyl (C=O) groups is 2.